The first-order valence-corrected chi connectivity index (χ1v) is 14.7. The molecule has 0 saturated carbocycles. The topological polar surface area (TPSA) is 110 Å². The molecule has 0 spiro atoms. The van der Waals surface area contributed by atoms with E-state index in [1.54, 1.807) is 13.0 Å². The van der Waals surface area contributed by atoms with E-state index in [1.165, 1.54) is 82.4 Å². The summed E-state index contributed by atoms with van der Waals surface area (Å²) in [6.45, 7) is 4.16. The van der Waals surface area contributed by atoms with Gasteiger partial charge in [0, 0.05) is 0 Å². The van der Waals surface area contributed by atoms with Crippen molar-refractivity contribution in [3.63, 3.8) is 0 Å². The quantitative estimate of drug-likeness (QED) is 0.105. The molecule has 1 rings (SSSR count). The van der Waals surface area contributed by atoms with Gasteiger partial charge in [-0.15, -0.1) is 0 Å². The van der Waals surface area contributed by atoms with Crippen LogP contribution in [0.1, 0.15) is 131 Å². The number of hydrogen-bond donors (Lipinski definition) is 0. The van der Waals surface area contributed by atoms with Crippen LogP contribution in [-0.4, -0.2) is 37.0 Å². The third-order valence-electron chi connectivity index (χ3n) is 5.93. The molecule has 0 heterocycles. The fourth-order valence-corrected chi connectivity index (χ4v) is 4.61. The molecule has 1 aromatic rings. The summed E-state index contributed by atoms with van der Waals surface area (Å²) in [6.07, 6.45) is 16.1. The zero-order valence-electron chi connectivity index (χ0n) is 22.5. The zero-order valence-corrected chi connectivity index (χ0v) is 26.4. The summed E-state index contributed by atoms with van der Waals surface area (Å²) in [7, 11) is -4.81. The molecule has 1 atom stereocenters. The van der Waals surface area contributed by atoms with Crippen LogP contribution in [0.2, 0.25) is 0 Å². The summed E-state index contributed by atoms with van der Waals surface area (Å²) in [5.41, 5.74) is -1.91. The van der Waals surface area contributed by atoms with E-state index >= 15 is 0 Å². The SMILES string of the molecule is CCCCCCCCCCCCCCCOC(=O)c1ccccc1C(=O)OC(CCC)S(=O)(=O)[O-].[K+]. The van der Waals surface area contributed by atoms with Crippen molar-refractivity contribution < 1.29 is 83.4 Å². The maximum Gasteiger partial charge on any atom is 1.00 e. The predicted octanol–water partition coefficient (Wildman–Crippen LogP) is 3.77. The van der Waals surface area contributed by atoms with E-state index in [0.717, 1.165) is 19.3 Å². The molecule has 0 radical (unpaired) electrons. The van der Waals surface area contributed by atoms with Gasteiger partial charge in [0.15, 0.2) is 5.44 Å². The maximum atomic E-state index is 12.5. The number of carbonyl (C=O) groups excluding carboxylic acids is 2. The Morgan fingerprint density at radius 1 is 0.750 bits per heavy atom. The molecule has 0 aliphatic rings. The van der Waals surface area contributed by atoms with Crippen LogP contribution in [0, 0.1) is 0 Å². The first-order chi connectivity index (χ1) is 16.8. The molecular weight excluding hydrogens is 507 g/mol. The zero-order chi connectivity index (χ0) is 25.9. The van der Waals surface area contributed by atoms with Crippen molar-refractivity contribution >= 4 is 22.1 Å². The van der Waals surface area contributed by atoms with E-state index in [2.05, 4.69) is 6.92 Å². The largest absolute Gasteiger partial charge is 1.00 e. The number of esters is 2. The Bertz CT molecular complexity index is 842. The number of unbranched alkanes of at least 4 members (excludes halogenated alkanes) is 12. The van der Waals surface area contributed by atoms with Crippen LogP contribution in [-0.2, 0) is 19.6 Å². The molecule has 7 nitrogen and oxygen atoms in total. The number of rotatable bonds is 20. The van der Waals surface area contributed by atoms with E-state index in [0.29, 0.717) is 6.42 Å². The average molecular weight is 551 g/mol. The standard InChI is InChI=1S/C27H44O7S.K/c1-3-5-6-7-8-9-10-11-12-13-14-15-18-22-33-26(28)23-20-16-17-21-24(23)27(29)34-25(19-4-2)35(30,31)32;/h16-17,20-21,25H,3-15,18-19,22H2,1-2H3,(H,30,31,32);/q;+1/p-1. The summed E-state index contributed by atoms with van der Waals surface area (Å²) >= 11 is 0. The molecule has 0 aromatic heterocycles. The first kappa shape index (κ1) is 35.7. The molecule has 0 aliphatic heterocycles. The monoisotopic (exact) mass is 550 g/mol. The Morgan fingerprint density at radius 2 is 1.19 bits per heavy atom. The molecule has 36 heavy (non-hydrogen) atoms. The van der Waals surface area contributed by atoms with Crippen LogP contribution in [0.25, 0.3) is 0 Å². The molecule has 0 amide bonds. The van der Waals surface area contributed by atoms with E-state index in [-0.39, 0.29) is 75.5 Å². The van der Waals surface area contributed by atoms with E-state index in [9.17, 15) is 22.6 Å². The molecule has 0 aliphatic carbocycles. The molecule has 9 heteroatoms. The van der Waals surface area contributed by atoms with Gasteiger partial charge in [0.1, 0.15) is 10.1 Å². The number of benzene rings is 1. The van der Waals surface area contributed by atoms with Crippen LogP contribution < -0.4 is 51.4 Å². The number of carbonyl (C=O) groups is 2. The minimum absolute atomic E-state index is 0. The van der Waals surface area contributed by atoms with Crippen molar-refractivity contribution in [2.24, 2.45) is 0 Å². The second-order valence-corrected chi connectivity index (χ2v) is 10.6. The minimum Gasteiger partial charge on any atom is -0.745 e. The van der Waals surface area contributed by atoms with Crippen molar-refractivity contribution in [2.45, 2.75) is 116 Å². The maximum absolute atomic E-state index is 12.5. The van der Waals surface area contributed by atoms with Gasteiger partial charge in [0.2, 0.25) is 0 Å². The third-order valence-corrected chi connectivity index (χ3v) is 6.91. The third kappa shape index (κ3) is 15.8. The van der Waals surface area contributed by atoms with Gasteiger partial charge >= 0.3 is 63.3 Å². The summed E-state index contributed by atoms with van der Waals surface area (Å²) in [5, 5.41) is 0. The van der Waals surface area contributed by atoms with Gasteiger partial charge in [-0.2, -0.15) is 0 Å². The fraction of sp³-hybridized carbons (Fsp3) is 0.704. The summed E-state index contributed by atoms with van der Waals surface area (Å²) in [5.74, 6) is -1.70. The summed E-state index contributed by atoms with van der Waals surface area (Å²) < 4.78 is 44.2. The van der Waals surface area contributed by atoms with Crippen LogP contribution in [0.4, 0.5) is 0 Å². The van der Waals surface area contributed by atoms with E-state index < -0.39 is 27.5 Å². The second kappa shape index (κ2) is 21.6. The number of ether oxygens (including phenoxy) is 2. The van der Waals surface area contributed by atoms with Gasteiger partial charge < -0.3 is 14.0 Å². The smallest absolute Gasteiger partial charge is 0.745 e. The van der Waals surface area contributed by atoms with Crippen molar-refractivity contribution in [1.82, 2.24) is 0 Å². The molecule has 0 fully saturated rings. The molecule has 0 saturated heterocycles. The predicted molar refractivity (Wildman–Crippen MR) is 136 cm³/mol. The van der Waals surface area contributed by atoms with Crippen LogP contribution in [0.15, 0.2) is 24.3 Å². The van der Waals surface area contributed by atoms with Crippen molar-refractivity contribution in [3.05, 3.63) is 35.4 Å². The van der Waals surface area contributed by atoms with Crippen LogP contribution in [0.3, 0.4) is 0 Å². The Morgan fingerprint density at radius 3 is 1.64 bits per heavy atom. The Kier molecular flexibility index (Phi) is 21.4. The van der Waals surface area contributed by atoms with E-state index in [1.807, 2.05) is 0 Å². The molecular formula is C27H43KO7S. The van der Waals surface area contributed by atoms with Gasteiger partial charge in [-0.25, -0.2) is 18.0 Å². The van der Waals surface area contributed by atoms with Gasteiger partial charge in [0.05, 0.1) is 17.7 Å². The molecule has 1 unspecified atom stereocenters. The Hall–Kier alpha value is -0.294. The van der Waals surface area contributed by atoms with E-state index in [4.69, 9.17) is 9.47 Å². The molecule has 0 bridgehead atoms. The first-order valence-electron chi connectivity index (χ1n) is 13.2. The fourth-order valence-electron chi connectivity index (χ4n) is 3.88. The minimum atomic E-state index is -4.81. The van der Waals surface area contributed by atoms with Crippen molar-refractivity contribution in [2.75, 3.05) is 6.61 Å². The number of hydrogen-bond acceptors (Lipinski definition) is 7. The second-order valence-electron chi connectivity index (χ2n) is 9.04. The summed E-state index contributed by atoms with van der Waals surface area (Å²) in [6, 6.07) is 5.88. The summed E-state index contributed by atoms with van der Waals surface area (Å²) in [4.78, 5) is 25.0. The van der Waals surface area contributed by atoms with Gasteiger partial charge in [-0.1, -0.05) is 109 Å². The Labute approximate surface area is 260 Å². The normalized spacial score (nSPS) is 12.0. The average Bonchev–Trinajstić information content (AvgIpc) is 2.83. The van der Waals surface area contributed by atoms with Crippen LogP contribution >= 0.6 is 0 Å². The molecule has 0 N–H and O–H groups in total. The van der Waals surface area contributed by atoms with Crippen molar-refractivity contribution in [3.8, 4) is 0 Å². The van der Waals surface area contributed by atoms with Gasteiger partial charge in [-0.05, 0) is 25.0 Å². The van der Waals surface area contributed by atoms with Gasteiger partial charge in [-0.3, -0.25) is 0 Å². The van der Waals surface area contributed by atoms with Crippen LogP contribution in [0.5, 0.6) is 0 Å². The van der Waals surface area contributed by atoms with Crippen molar-refractivity contribution in [1.29, 1.82) is 0 Å². The Balaban J connectivity index is 0.0000122. The molecule has 1 aromatic carbocycles. The molecule has 200 valence electrons. The van der Waals surface area contributed by atoms with Gasteiger partial charge in [0.25, 0.3) is 0 Å².